The monoisotopic (exact) mass is 305 g/mol. The number of hydrogen-bond donors (Lipinski definition) is 0. The van der Waals surface area contributed by atoms with Crippen molar-refractivity contribution >= 4 is 34.4 Å². The Morgan fingerprint density at radius 2 is 2.20 bits per heavy atom. The fourth-order valence-corrected chi connectivity index (χ4v) is 4.14. The average molecular weight is 306 g/mol. The van der Waals surface area contributed by atoms with Crippen LogP contribution in [0.15, 0.2) is 18.2 Å². The van der Waals surface area contributed by atoms with Gasteiger partial charge in [-0.25, -0.2) is 4.98 Å². The number of thioether (sulfide) groups is 1. The third kappa shape index (κ3) is 2.65. The van der Waals surface area contributed by atoms with Gasteiger partial charge in [-0.15, -0.1) is 11.6 Å². The summed E-state index contributed by atoms with van der Waals surface area (Å²) >= 11 is 8.08. The van der Waals surface area contributed by atoms with Gasteiger partial charge in [0.25, 0.3) is 0 Å². The SMILES string of the molecule is N#Cc1ccc2nc(CCl)n(CC3CCSCC3)c2c1. The minimum absolute atomic E-state index is 0.415. The zero-order valence-corrected chi connectivity index (χ0v) is 12.8. The van der Waals surface area contributed by atoms with Crippen LogP contribution in [0, 0.1) is 17.2 Å². The number of nitrogens with zero attached hydrogens (tertiary/aromatic N) is 3. The molecule has 1 saturated heterocycles. The number of imidazole rings is 1. The van der Waals surface area contributed by atoms with Gasteiger partial charge in [0.15, 0.2) is 0 Å². The van der Waals surface area contributed by atoms with Gasteiger partial charge in [-0.3, -0.25) is 0 Å². The lowest BCUT2D eigenvalue weighted by molar-refractivity contribution is 0.417. The van der Waals surface area contributed by atoms with Crippen molar-refractivity contribution in [1.82, 2.24) is 9.55 Å². The van der Waals surface area contributed by atoms with Crippen LogP contribution in [0.3, 0.4) is 0 Å². The van der Waals surface area contributed by atoms with Gasteiger partial charge >= 0.3 is 0 Å². The fourth-order valence-electron chi connectivity index (χ4n) is 2.74. The molecule has 5 heteroatoms. The molecule has 2 heterocycles. The van der Waals surface area contributed by atoms with Gasteiger partial charge in [0, 0.05) is 6.54 Å². The van der Waals surface area contributed by atoms with E-state index < -0.39 is 0 Å². The number of nitriles is 1. The minimum Gasteiger partial charge on any atom is -0.327 e. The first-order valence-corrected chi connectivity index (χ1v) is 8.53. The van der Waals surface area contributed by atoms with Crippen molar-refractivity contribution in [1.29, 1.82) is 5.26 Å². The van der Waals surface area contributed by atoms with Gasteiger partial charge in [-0.1, -0.05) is 0 Å². The van der Waals surface area contributed by atoms with Gasteiger partial charge in [0.2, 0.25) is 0 Å². The maximum atomic E-state index is 9.06. The Labute approximate surface area is 127 Å². The Hall–Kier alpha value is -1.18. The highest BCUT2D eigenvalue weighted by atomic mass is 35.5. The van der Waals surface area contributed by atoms with Crippen molar-refractivity contribution in [2.24, 2.45) is 5.92 Å². The largest absolute Gasteiger partial charge is 0.327 e. The van der Waals surface area contributed by atoms with Crippen LogP contribution in [0.5, 0.6) is 0 Å². The molecule has 3 rings (SSSR count). The normalized spacial score (nSPS) is 16.4. The van der Waals surface area contributed by atoms with Crippen LogP contribution in [-0.4, -0.2) is 21.1 Å². The molecule has 0 atom stereocenters. The Morgan fingerprint density at radius 1 is 1.40 bits per heavy atom. The molecule has 0 N–H and O–H groups in total. The lowest BCUT2D eigenvalue weighted by Gasteiger charge is -2.22. The second-order valence-corrected chi connectivity index (χ2v) is 6.64. The molecular weight excluding hydrogens is 290 g/mol. The Morgan fingerprint density at radius 3 is 2.90 bits per heavy atom. The molecule has 0 aliphatic carbocycles. The molecule has 0 amide bonds. The van der Waals surface area contributed by atoms with Gasteiger partial charge in [0.05, 0.1) is 28.5 Å². The first-order chi connectivity index (χ1) is 9.81. The van der Waals surface area contributed by atoms with Crippen LogP contribution in [-0.2, 0) is 12.4 Å². The van der Waals surface area contributed by atoms with Crippen molar-refractivity contribution in [3.05, 3.63) is 29.6 Å². The van der Waals surface area contributed by atoms with Crippen molar-refractivity contribution in [2.75, 3.05) is 11.5 Å². The molecule has 1 aliphatic heterocycles. The number of hydrogen-bond acceptors (Lipinski definition) is 3. The summed E-state index contributed by atoms with van der Waals surface area (Å²) in [6.45, 7) is 0.966. The number of aromatic nitrogens is 2. The smallest absolute Gasteiger partial charge is 0.124 e. The molecule has 1 aliphatic rings. The van der Waals surface area contributed by atoms with E-state index in [0.29, 0.717) is 17.4 Å². The molecule has 1 aromatic heterocycles. The van der Waals surface area contributed by atoms with Crippen LogP contribution < -0.4 is 0 Å². The molecule has 0 radical (unpaired) electrons. The highest BCUT2D eigenvalue weighted by molar-refractivity contribution is 7.99. The fraction of sp³-hybridized carbons (Fsp3) is 0.467. The lowest BCUT2D eigenvalue weighted by Crippen LogP contribution is -2.17. The Bertz CT molecular complexity index is 653. The Balaban J connectivity index is 1.99. The van der Waals surface area contributed by atoms with E-state index in [1.54, 1.807) is 0 Å². The van der Waals surface area contributed by atoms with Crippen molar-refractivity contribution < 1.29 is 0 Å². The highest BCUT2D eigenvalue weighted by Gasteiger charge is 2.18. The van der Waals surface area contributed by atoms with Crippen LogP contribution in [0.4, 0.5) is 0 Å². The number of rotatable bonds is 3. The summed E-state index contributed by atoms with van der Waals surface area (Å²) in [6, 6.07) is 7.85. The molecule has 0 spiro atoms. The molecular formula is C15H16ClN3S. The van der Waals surface area contributed by atoms with Crippen LogP contribution in [0.1, 0.15) is 24.2 Å². The van der Waals surface area contributed by atoms with Gasteiger partial charge in [-0.2, -0.15) is 17.0 Å². The minimum atomic E-state index is 0.415. The van der Waals surface area contributed by atoms with E-state index in [9.17, 15) is 0 Å². The summed E-state index contributed by atoms with van der Waals surface area (Å²) < 4.78 is 2.21. The molecule has 0 unspecified atom stereocenters. The molecule has 3 nitrogen and oxygen atoms in total. The van der Waals surface area contributed by atoms with E-state index in [4.69, 9.17) is 16.9 Å². The van der Waals surface area contributed by atoms with Crippen LogP contribution in [0.25, 0.3) is 11.0 Å². The van der Waals surface area contributed by atoms with E-state index >= 15 is 0 Å². The van der Waals surface area contributed by atoms with E-state index in [0.717, 1.165) is 23.4 Å². The molecule has 20 heavy (non-hydrogen) atoms. The van der Waals surface area contributed by atoms with Gasteiger partial charge < -0.3 is 4.57 Å². The summed E-state index contributed by atoms with van der Waals surface area (Å²) in [6.07, 6.45) is 2.51. The Kier molecular flexibility index (Phi) is 4.18. The zero-order valence-electron chi connectivity index (χ0n) is 11.2. The number of fused-ring (bicyclic) bond motifs is 1. The molecule has 1 aromatic carbocycles. The standard InChI is InChI=1S/C15H16ClN3S/c16-8-15-18-13-2-1-12(9-17)7-14(13)19(15)10-11-3-5-20-6-4-11/h1-2,7,11H,3-6,8,10H2. The lowest BCUT2D eigenvalue weighted by atomic mass is 10.0. The second-order valence-electron chi connectivity index (χ2n) is 5.14. The van der Waals surface area contributed by atoms with Crippen molar-refractivity contribution in [3.8, 4) is 6.07 Å². The van der Waals surface area contributed by atoms with E-state index in [-0.39, 0.29) is 0 Å². The summed E-state index contributed by atoms with van der Waals surface area (Å²) in [5, 5.41) is 9.06. The van der Waals surface area contributed by atoms with Crippen molar-refractivity contribution in [3.63, 3.8) is 0 Å². The first kappa shape index (κ1) is 13.8. The second kappa shape index (κ2) is 6.07. The van der Waals surface area contributed by atoms with Crippen molar-refractivity contribution in [2.45, 2.75) is 25.3 Å². The third-order valence-corrected chi connectivity index (χ3v) is 5.15. The average Bonchev–Trinajstić information content (AvgIpc) is 2.85. The van der Waals surface area contributed by atoms with Gasteiger partial charge in [-0.05, 0) is 48.5 Å². The number of benzene rings is 1. The summed E-state index contributed by atoms with van der Waals surface area (Å²) in [5.74, 6) is 4.52. The summed E-state index contributed by atoms with van der Waals surface area (Å²) in [4.78, 5) is 4.59. The zero-order chi connectivity index (χ0) is 13.9. The molecule has 0 bridgehead atoms. The van der Waals surface area contributed by atoms with Crippen LogP contribution >= 0.6 is 23.4 Å². The quantitative estimate of drug-likeness (QED) is 0.810. The highest BCUT2D eigenvalue weighted by Crippen LogP contribution is 2.27. The number of halogens is 1. The summed E-state index contributed by atoms with van der Waals surface area (Å²) in [5.41, 5.74) is 2.65. The maximum Gasteiger partial charge on any atom is 0.124 e. The predicted molar refractivity (Wildman–Crippen MR) is 84.1 cm³/mol. The van der Waals surface area contributed by atoms with E-state index in [1.165, 1.54) is 24.3 Å². The predicted octanol–water partition coefficient (Wildman–Crippen LogP) is 3.79. The third-order valence-electron chi connectivity index (χ3n) is 3.86. The number of alkyl halides is 1. The van der Waals surface area contributed by atoms with Crippen LogP contribution in [0.2, 0.25) is 0 Å². The first-order valence-electron chi connectivity index (χ1n) is 6.85. The van der Waals surface area contributed by atoms with Gasteiger partial charge in [0.1, 0.15) is 5.82 Å². The maximum absolute atomic E-state index is 9.06. The molecule has 1 fully saturated rings. The van der Waals surface area contributed by atoms with E-state index in [2.05, 4.69) is 15.6 Å². The molecule has 2 aromatic rings. The molecule has 104 valence electrons. The van der Waals surface area contributed by atoms with E-state index in [1.807, 2.05) is 30.0 Å². The molecule has 0 saturated carbocycles. The topological polar surface area (TPSA) is 41.6 Å². The summed E-state index contributed by atoms with van der Waals surface area (Å²) in [7, 11) is 0.